The van der Waals surface area contributed by atoms with Gasteiger partial charge in [-0.25, -0.2) is 0 Å². The predicted molar refractivity (Wildman–Crippen MR) is 79.6 cm³/mol. The second-order valence-electron chi connectivity index (χ2n) is 5.54. The lowest BCUT2D eigenvalue weighted by atomic mass is 9.95. The van der Waals surface area contributed by atoms with Crippen LogP contribution in [0.2, 0.25) is 0 Å². The normalized spacial score (nSPS) is 15.8. The van der Waals surface area contributed by atoms with Gasteiger partial charge in [-0.2, -0.15) is 0 Å². The van der Waals surface area contributed by atoms with Crippen LogP contribution in [-0.2, 0) is 14.4 Å². The number of carbonyl (C=O) groups is 3. The summed E-state index contributed by atoms with van der Waals surface area (Å²) in [5.41, 5.74) is 0. The first-order valence-electron chi connectivity index (χ1n) is 7.82. The van der Waals surface area contributed by atoms with Crippen LogP contribution < -0.4 is 0 Å². The van der Waals surface area contributed by atoms with Gasteiger partial charge in [-0.3, -0.25) is 19.3 Å². The van der Waals surface area contributed by atoms with Crippen molar-refractivity contribution in [1.29, 1.82) is 0 Å². The second-order valence-corrected chi connectivity index (χ2v) is 5.54. The SMILES string of the molecule is CCCCCCC(CCCCN1C(=O)C=CC1=O)C(=O)O. The molecule has 1 aliphatic rings. The average Bonchev–Trinajstić information content (AvgIpc) is 2.76. The van der Waals surface area contributed by atoms with Crippen molar-refractivity contribution in [3.8, 4) is 0 Å². The molecule has 2 amide bonds. The quantitative estimate of drug-likeness (QED) is 0.470. The van der Waals surface area contributed by atoms with Crippen molar-refractivity contribution in [2.24, 2.45) is 5.92 Å². The molecule has 0 aliphatic carbocycles. The van der Waals surface area contributed by atoms with Gasteiger partial charge in [0.05, 0.1) is 5.92 Å². The van der Waals surface area contributed by atoms with Crippen LogP contribution in [-0.4, -0.2) is 34.3 Å². The van der Waals surface area contributed by atoms with E-state index in [2.05, 4.69) is 6.92 Å². The summed E-state index contributed by atoms with van der Waals surface area (Å²) in [6.07, 6.45) is 9.61. The van der Waals surface area contributed by atoms with Crippen LogP contribution in [0.4, 0.5) is 0 Å². The summed E-state index contributed by atoms with van der Waals surface area (Å²) >= 11 is 0. The predicted octanol–water partition coefficient (Wildman–Crippen LogP) is 2.75. The number of aliphatic carboxylic acids is 1. The van der Waals surface area contributed by atoms with E-state index in [0.717, 1.165) is 38.5 Å². The lowest BCUT2D eigenvalue weighted by Gasteiger charge is -2.15. The Kier molecular flexibility index (Phi) is 7.72. The number of amides is 2. The van der Waals surface area contributed by atoms with Gasteiger partial charge in [-0.05, 0) is 19.3 Å². The smallest absolute Gasteiger partial charge is 0.306 e. The van der Waals surface area contributed by atoms with Crippen molar-refractivity contribution in [2.75, 3.05) is 6.54 Å². The van der Waals surface area contributed by atoms with Gasteiger partial charge in [0.15, 0.2) is 0 Å². The monoisotopic (exact) mass is 295 g/mol. The van der Waals surface area contributed by atoms with Gasteiger partial charge in [-0.15, -0.1) is 0 Å². The highest BCUT2D eigenvalue weighted by atomic mass is 16.4. The first kappa shape index (κ1) is 17.4. The largest absolute Gasteiger partial charge is 0.481 e. The summed E-state index contributed by atoms with van der Waals surface area (Å²) in [7, 11) is 0. The van der Waals surface area contributed by atoms with Gasteiger partial charge in [0.2, 0.25) is 0 Å². The molecule has 5 heteroatoms. The van der Waals surface area contributed by atoms with E-state index < -0.39 is 5.97 Å². The Labute approximate surface area is 126 Å². The maximum Gasteiger partial charge on any atom is 0.306 e. The Morgan fingerprint density at radius 2 is 1.62 bits per heavy atom. The molecule has 1 heterocycles. The van der Waals surface area contributed by atoms with Crippen LogP contribution in [0.3, 0.4) is 0 Å². The van der Waals surface area contributed by atoms with Crippen LogP contribution in [0.1, 0.15) is 58.3 Å². The van der Waals surface area contributed by atoms with Crippen LogP contribution >= 0.6 is 0 Å². The highest BCUT2D eigenvalue weighted by Crippen LogP contribution is 2.18. The number of imide groups is 1. The van der Waals surface area contributed by atoms with Gasteiger partial charge in [-0.1, -0.05) is 39.0 Å². The van der Waals surface area contributed by atoms with Crippen LogP contribution in [0.5, 0.6) is 0 Å². The van der Waals surface area contributed by atoms with E-state index in [1.165, 1.54) is 17.1 Å². The maximum absolute atomic E-state index is 11.3. The minimum absolute atomic E-state index is 0.269. The summed E-state index contributed by atoms with van der Waals surface area (Å²) < 4.78 is 0. The number of carboxylic acid groups (broad SMARTS) is 1. The van der Waals surface area contributed by atoms with E-state index in [9.17, 15) is 19.5 Å². The molecule has 0 radical (unpaired) electrons. The Hall–Kier alpha value is -1.65. The number of rotatable bonds is 11. The molecule has 0 bridgehead atoms. The highest BCUT2D eigenvalue weighted by Gasteiger charge is 2.23. The van der Waals surface area contributed by atoms with Crippen molar-refractivity contribution >= 4 is 17.8 Å². The molecule has 1 rings (SSSR count). The van der Waals surface area contributed by atoms with Crippen molar-refractivity contribution in [3.05, 3.63) is 12.2 Å². The van der Waals surface area contributed by atoms with E-state index >= 15 is 0 Å². The average molecular weight is 295 g/mol. The minimum Gasteiger partial charge on any atom is -0.481 e. The Morgan fingerprint density at radius 1 is 1.05 bits per heavy atom. The van der Waals surface area contributed by atoms with Crippen LogP contribution in [0.15, 0.2) is 12.2 Å². The summed E-state index contributed by atoms with van der Waals surface area (Å²) in [6, 6.07) is 0. The first-order chi connectivity index (χ1) is 10.1. The van der Waals surface area contributed by atoms with Gasteiger partial charge in [0.25, 0.3) is 11.8 Å². The lowest BCUT2D eigenvalue weighted by molar-refractivity contribution is -0.142. The fraction of sp³-hybridized carbons (Fsp3) is 0.688. The highest BCUT2D eigenvalue weighted by molar-refractivity contribution is 6.12. The van der Waals surface area contributed by atoms with Crippen molar-refractivity contribution in [2.45, 2.75) is 58.3 Å². The third-order valence-electron chi connectivity index (χ3n) is 3.84. The van der Waals surface area contributed by atoms with E-state index in [1.807, 2.05) is 0 Å². The summed E-state index contributed by atoms with van der Waals surface area (Å²) in [5, 5.41) is 9.20. The summed E-state index contributed by atoms with van der Waals surface area (Å²) in [5.74, 6) is -1.57. The number of hydrogen-bond donors (Lipinski definition) is 1. The van der Waals surface area contributed by atoms with E-state index in [-0.39, 0.29) is 17.7 Å². The Balaban J connectivity index is 2.20. The standard InChI is InChI=1S/C16H25NO4/c1-2-3-4-5-8-13(16(20)21)9-6-7-12-17-14(18)10-11-15(17)19/h10-11,13H,2-9,12H2,1H3,(H,20,21). The van der Waals surface area contributed by atoms with Gasteiger partial charge in [0.1, 0.15) is 0 Å². The van der Waals surface area contributed by atoms with E-state index in [0.29, 0.717) is 19.4 Å². The molecule has 0 aromatic rings. The molecular formula is C16H25NO4. The van der Waals surface area contributed by atoms with Crippen molar-refractivity contribution < 1.29 is 19.5 Å². The summed E-state index contributed by atoms with van der Waals surface area (Å²) in [6.45, 7) is 2.51. The molecule has 1 N–H and O–H groups in total. The zero-order valence-electron chi connectivity index (χ0n) is 12.7. The molecule has 0 spiro atoms. The molecule has 0 aromatic heterocycles. The molecule has 5 nitrogen and oxygen atoms in total. The number of hydrogen-bond acceptors (Lipinski definition) is 3. The summed E-state index contributed by atoms with van der Waals surface area (Å²) in [4.78, 5) is 35.1. The van der Waals surface area contributed by atoms with Gasteiger partial charge in [0, 0.05) is 18.7 Å². The van der Waals surface area contributed by atoms with Gasteiger partial charge >= 0.3 is 5.97 Å². The second kappa shape index (κ2) is 9.32. The van der Waals surface area contributed by atoms with E-state index in [4.69, 9.17) is 0 Å². The zero-order valence-corrected chi connectivity index (χ0v) is 12.7. The zero-order chi connectivity index (χ0) is 15.7. The molecule has 21 heavy (non-hydrogen) atoms. The molecule has 0 saturated carbocycles. The van der Waals surface area contributed by atoms with E-state index in [1.54, 1.807) is 0 Å². The van der Waals surface area contributed by atoms with Gasteiger partial charge < -0.3 is 5.11 Å². The van der Waals surface area contributed by atoms with Crippen molar-refractivity contribution in [3.63, 3.8) is 0 Å². The van der Waals surface area contributed by atoms with Crippen molar-refractivity contribution in [1.82, 2.24) is 4.90 Å². The number of unbranched alkanes of at least 4 members (excludes halogenated alkanes) is 4. The van der Waals surface area contributed by atoms with Crippen LogP contribution in [0, 0.1) is 5.92 Å². The Bertz CT molecular complexity index is 385. The number of nitrogens with zero attached hydrogens (tertiary/aromatic N) is 1. The molecular weight excluding hydrogens is 270 g/mol. The Morgan fingerprint density at radius 3 is 2.14 bits per heavy atom. The fourth-order valence-corrected chi connectivity index (χ4v) is 2.52. The first-order valence-corrected chi connectivity index (χ1v) is 7.82. The molecule has 1 aliphatic heterocycles. The lowest BCUT2D eigenvalue weighted by Crippen LogP contribution is -2.30. The fourth-order valence-electron chi connectivity index (χ4n) is 2.52. The molecule has 0 aromatic carbocycles. The number of carbonyl (C=O) groups excluding carboxylic acids is 2. The maximum atomic E-state index is 11.3. The minimum atomic E-state index is -0.735. The molecule has 118 valence electrons. The molecule has 1 atom stereocenters. The van der Waals surface area contributed by atoms with Crippen LogP contribution in [0.25, 0.3) is 0 Å². The molecule has 1 unspecified atom stereocenters. The third kappa shape index (κ3) is 6.10. The molecule has 0 fully saturated rings. The topological polar surface area (TPSA) is 74.7 Å². The third-order valence-corrected chi connectivity index (χ3v) is 3.84. The molecule has 0 saturated heterocycles. The number of carboxylic acids is 1.